The van der Waals surface area contributed by atoms with Crippen molar-refractivity contribution in [2.45, 2.75) is 6.54 Å². The van der Waals surface area contributed by atoms with E-state index in [2.05, 4.69) is 27.7 Å². The molecule has 13 heavy (non-hydrogen) atoms. The first-order valence-electron chi connectivity index (χ1n) is 4.01. The first-order chi connectivity index (χ1) is 6.42. The Kier molecular flexibility index (Phi) is 2.23. The fourth-order valence-electron chi connectivity index (χ4n) is 1.29. The number of nitrogens with one attached hydrogen (secondary N) is 2. The number of benzene rings is 1. The average molecular weight is 191 g/mol. The summed E-state index contributed by atoms with van der Waals surface area (Å²) in [4.78, 5) is 0. The van der Waals surface area contributed by atoms with Crippen molar-refractivity contribution in [3.05, 3.63) is 30.0 Å². The number of aromatic nitrogens is 2. The number of hydrogen-bond acceptors (Lipinski definition) is 2. The SMILES string of the molecule is S=CNCc1[nH]nc2ccccc12. The first kappa shape index (κ1) is 8.19. The number of hydrogen-bond donors (Lipinski definition) is 2. The Bertz CT molecular complexity index is 421. The summed E-state index contributed by atoms with van der Waals surface area (Å²) in [7, 11) is 0. The minimum Gasteiger partial charge on any atom is -0.377 e. The van der Waals surface area contributed by atoms with Crippen molar-refractivity contribution in [2.24, 2.45) is 0 Å². The molecular weight excluding hydrogens is 182 g/mol. The highest BCUT2D eigenvalue weighted by Crippen LogP contribution is 2.14. The van der Waals surface area contributed by atoms with Gasteiger partial charge in [0.2, 0.25) is 0 Å². The normalized spacial score (nSPS) is 10.2. The van der Waals surface area contributed by atoms with E-state index in [4.69, 9.17) is 0 Å². The highest BCUT2D eigenvalue weighted by atomic mass is 32.1. The zero-order valence-electron chi connectivity index (χ0n) is 6.95. The predicted molar refractivity (Wildman–Crippen MR) is 56.6 cm³/mol. The van der Waals surface area contributed by atoms with Crippen LogP contribution in [0.2, 0.25) is 0 Å². The Morgan fingerprint density at radius 2 is 2.31 bits per heavy atom. The predicted octanol–water partition coefficient (Wildman–Crippen LogP) is 1.61. The molecule has 2 rings (SSSR count). The standard InChI is InChI=1S/C9H9N3S/c13-6-10-5-9-7-3-1-2-4-8(7)11-12-9/h1-4,6H,5H2,(H,10,13)(H,11,12). The number of para-hydroxylation sites is 1. The molecule has 0 unspecified atom stereocenters. The molecule has 2 N–H and O–H groups in total. The van der Waals surface area contributed by atoms with E-state index in [1.807, 2.05) is 24.3 Å². The van der Waals surface area contributed by atoms with Crippen LogP contribution in [0.1, 0.15) is 5.69 Å². The van der Waals surface area contributed by atoms with Crippen molar-refractivity contribution < 1.29 is 0 Å². The second-order valence-corrected chi connectivity index (χ2v) is 2.95. The van der Waals surface area contributed by atoms with Crippen LogP contribution in [0.25, 0.3) is 10.9 Å². The molecule has 4 heteroatoms. The van der Waals surface area contributed by atoms with Crippen LogP contribution in [0.15, 0.2) is 24.3 Å². The molecule has 0 saturated carbocycles. The summed E-state index contributed by atoms with van der Waals surface area (Å²) in [6.07, 6.45) is 0. The van der Waals surface area contributed by atoms with E-state index in [1.165, 1.54) is 5.49 Å². The van der Waals surface area contributed by atoms with E-state index in [-0.39, 0.29) is 0 Å². The molecule has 2 aromatic rings. The molecule has 0 atom stereocenters. The zero-order valence-corrected chi connectivity index (χ0v) is 7.77. The van der Waals surface area contributed by atoms with Gasteiger partial charge in [0.1, 0.15) is 0 Å². The largest absolute Gasteiger partial charge is 0.377 e. The maximum absolute atomic E-state index is 4.68. The molecule has 1 aromatic heterocycles. The maximum Gasteiger partial charge on any atom is 0.0924 e. The minimum atomic E-state index is 0.698. The van der Waals surface area contributed by atoms with E-state index >= 15 is 0 Å². The van der Waals surface area contributed by atoms with Crippen LogP contribution in [0, 0.1) is 0 Å². The molecule has 1 heterocycles. The summed E-state index contributed by atoms with van der Waals surface area (Å²) in [5.74, 6) is 0. The Balaban J connectivity index is 2.40. The van der Waals surface area contributed by atoms with Crippen LogP contribution in [0.3, 0.4) is 0 Å². The Morgan fingerprint density at radius 3 is 3.15 bits per heavy atom. The van der Waals surface area contributed by atoms with Gasteiger partial charge in [-0.3, -0.25) is 5.10 Å². The van der Waals surface area contributed by atoms with E-state index in [1.54, 1.807) is 0 Å². The van der Waals surface area contributed by atoms with Gasteiger partial charge in [0.25, 0.3) is 0 Å². The number of H-pyrrole nitrogens is 1. The van der Waals surface area contributed by atoms with E-state index in [0.717, 1.165) is 16.6 Å². The fraction of sp³-hybridized carbons (Fsp3) is 0.111. The smallest absolute Gasteiger partial charge is 0.0924 e. The highest BCUT2D eigenvalue weighted by Gasteiger charge is 2.01. The molecule has 0 radical (unpaired) electrons. The van der Waals surface area contributed by atoms with Crippen molar-refractivity contribution in [2.75, 3.05) is 0 Å². The lowest BCUT2D eigenvalue weighted by molar-refractivity contribution is 0.885. The Morgan fingerprint density at radius 1 is 1.46 bits per heavy atom. The number of fused-ring (bicyclic) bond motifs is 1. The monoisotopic (exact) mass is 191 g/mol. The molecule has 0 fully saturated rings. The molecule has 0 spiro atoms. The van der Waals surface area contributed by atoms with Crippen LogP contribution in [-0.4, -0.2) is 15.7 Å². The van der Waals surface area contributed by atoms with Gasteiger partial charge >= 0.3 is 0 Å². The van der Waals surface area contributed by atoms with Crippen LogP contribution in [0.4, 0.5) is 0 Å². The Labute approximate surface area is 81.1 Å². The van der Waals surface area contributed by atoms with E-state index in [0.29, 0.717) is 6.54 Å². The van der Waals surface area contributed by atoms with Gasteiger partial charge in [-0.05, 0) is 6.07 Å². The van der Waals surface area contributed by atoms with Crippen LogP contribution < -0.4 is 5.32 Å². The molecule has 0 bridgehead atoms. The molecule has 1 aromatic carbocycles. The second-order valence-electron chi connectivity index (χ2n) is 2.72. The summed E-state index contributed by atoms with van der Waals surface area (Å²) < 4.78 is 0. The molecular formula is C9H9N3S. The van der Waals surface area contributed by atoms with Crippen molar-refractivity contribution in [1.29, 1.82) is 0 Å². The number of nitrogens with zero attached hydrogens (tertiary/aromatic N) is 1. The van der Waals surface area contributed by atoms with E-state index < -0.39 is 0 Å². The molecule has 0 aliphatic rings. The van der Waals surface area contributed by atoms with Gasteiger partial charge in [-0.2, -0.15) is 5.10 Å². The highest BCUT2D eigenvalue weighted by molar-refractivity contribution is 7.78. The van der Waals surface area contributed by atoms with Crippen LogP contribution in [0.5, 0.6) is 0 Å². The van der Waals surface area contributed by atoms with Gasteiger partial charge in [0.15, 0.2) is 0 Å². The van der Waals surface area contributed by atoms with Gasteiger partial charge in [-0.1, -0.05) is 30.4 Å². The third-order valence-corrected chi connectivity index (χ3v) is 2.07. The van der Waals surface area contributed by atoms with Crippen molar-refractivity contribution in [1.82, 2.24) is 15.5 Å². The lowest BCUT2D eigenvalue weighted by Crippen LogP contribution is -2.08. The lowest BCUT2D eigenvalue weighted by atomic mass is 10.2. The number of thiocarbonyl (C=S) groups is 1. The summed E-state index contributed by atoms with van der Waals surface area (Å²) in [5, 5.41) is 11.2. The number of rotatable bonds is 3. The van der Waals surface area contributed by atoms with Crippen molar-refractivity contribution in [3.63, 3.8) is 0 Å². The van der Waals surface area contributed by atoms with Crippen molar-refractivity contribution >= 4 is 28.6 Å². The summed E-state index contributed by atoms with van der Waals surface area (Å²) >= 11 is 4.68. The van der Waals surface area contributed by atoms with Gasteiger partial charge in [-0.15, -0.1) is 0 Å². The summed E-state index contributed by atoms with van der Waals surface area (Å²) in [6, 6.07) is 7.99. The molecule has 0 amide bonds. The molecule has 66 valence electrons. The zero-order chi connectivity index (χ0) is 9.10. The molecule has 0 saturated heterocycles. The molecule has 0 aliphatic carbocycles. The number of aromatic amines is 1. The van der Waals surface area contributed by atoms with Crippen LogP contribution >= 0.6 is 12.2 Å². The average Bonchev–Trinajstić information content (AvgIpc) is 2.58. The van der Waals surface area contributed by atoms with Gasteiger partial charge in [0.05, 0.1) is 23.2 Å². The fourth-order valence-corrected chi connectivity index (χ4v) is 1.38. The summed E-state index contributed by atoms with van der Waals surface area (Å²) in [6.45, 7) is 0.698. The first-order valence-corrected chi connectivity index (χ1v) is 4.48. The molecule has 0 aliphatic heterocycles. The van der Waals surface area contributed by atoms with Crippen molar-refractivity contribution in [3.8, 4) is 0 Å². The third kappa shape index (κ3) is 1.53. The minimum absolute atomic E-state index is 0.698. The third-order valence-electron chi connectivity index (χ3n) is 1.90. The van der Waals surface area contributed by atoms with Gasteiger partial charge in [0, 0.05) is 5.39 Å². The maximum atomic E-state index is 4.68. The lowest BCUT2D eigenvalue weighted by Gasteiger charge is -1.96. The van der Waals surface area contributed by atoms with E-state index in [9.17, 15) is 0 Å². The quantitative estimate of drug-likeness (QED) is 0.724. The summed E-state index contributed by atoms with van der Waals surface area (Å²) in [5.41, 5.74) is 3.57. The Hall–Kier alpha value is -1.42. The van der Waals surface area contributed by atoms with Gasteiger partial charge < -0.3 is 5.32 Å². The topological polar surface area (TPSA) is 40.7 Å². The van der Waals surface area contributed by atoms with Gasteiger partial charge in [-0.25, -0.2) is 0 Å². The molecule has 3 nitrogen and oxygen atoms in total. The van der Waals surface area contributed by atoms with Crippen LogP contribution in [-0.2, 0) is 6.54 Å². The second kappa shape index (κ2) is 3.53.